The van der Waals surface area contributed by atoms with Gasteiger partial charge in [-0.1, -0.05) is 19.1 Å². The minimum Gasteiger partial charge on any atom is -0.396 e. The van der Waals surface area contributed by atoms with E-state index in [0.717, 1.165) is 24.9 Å². The molecule has 2 atom stereocenters. The summed E-state index contributed by atoms with van der Waals surface area (Å²) in [6, 6.07) is 9.02. The SMILES string of the molecule is CC(CO)CCCNCC(O)c1ccc(C#N)cc1. The number of aliphatic hydroxyl groups excluding tert-OH is 2. The van der Waals surface area contributed by atoms with E-state index in [-0.39, 0.29) is 6.61 Å². The van der Waals surface area contributed by atoms with Crippen LogP contribution in [0.4, 0.5) is 0 Å². The van der Waals surface area contributed by atoms with Gasteiger partial charge in [-0.2, -0.15) is 5.26 Å². The van der Waals surface area contributed by atoms with E-state index in [0.29, 0.717) is 18.0 Å². The van der Waals surface area contributed by atoms with Crippen LogP contribution in [0.25, 0.3) is 0 Å². The minimum absolute atomic E-state index is 0.230. The van der Waals surface area contributed by atoms with Crippen molar-refractivity contribution in [3.05, 3.63) is 35.4 Å². The van der Waals surface area contributed by atoms with Crippen molar-refractivity contribution in [3.8, 4) is 6.07 Å². The lowest BCUT2D eigenvalue weighted by Gasteiger charge is -2.13. The maximum atomic E-state index is 9.95. The van der Waals surface area contributed by atoms with Crippen LogP contribution in [-0.4, -0.2) is 29.9 Å². The number of nitriles is 1. The minimum atomic E-state index is -0.553. The normalized spacial score (nSPS) is 13.8. The van der Waals surface area contributed by atoms with E-state index in [1.807, 2.05) is 6.92 Å². The summed E-state index contributed by atoms with van der Waals surface area (Å²) in [6.07, 6.45) is 1.42. The van der Waals surface area contributed by atoms with Crippen molar-refractivity contribution in [2.45, 2.75) is 25.9 Å². The summed E-state index contributed by atoms with van der Waals surface area (Å²) in [5, 5.41) is 30.7. The average molecular weight is 262 g/mol. The Morgan fingerprint density at radius 3 is 2.58 bits per heavy atom. The first kappa shape index (κ1) is 15.6. The standard InChI is InChI=1S/C15H22N2O2/c1-12(11-18)3-2-8-17-10-15(19)14-6-4-13(9-16)5-7-14/h4-7,12,15,17-19H,2-3,8,10-11H2,1H3. The summed E-state index contributed by atoms with van der Waals surface area (Å²) < 4.78 is 0. The van der Waals surface area contributed by atoms with Gasteiger partial charge in [-0.25, -0.2) is 0 Å². The second kappa shape index (κ2) is 8.65. The Hall–Kier alpha value is -1.41. The summed E-state index contributed by atoms with van der Waals surface area (Å²) in [7, 11) is 0. The molecule has 0 saturated heterocycles. The van der Waals surface area contributed by atoms with Gasteiger partial charge in [-0.3, -0.25) is 0 Å². The summed E-state index contributed by atoms with van der Waals surface area (Å²) >= 11 is 0. The molecule has 1 aromatic rings. The molecule has 4 nitrogen and oxygen atoms in total. The molecule has 0 saturated carbocycles. The van der Waals surface area contributed by atoms with E-state index in [1.54, 1.807) is 24.3 Å². The Morgan fingerprint density at radius 2 is 2.00 bits per heavy atom. The maximum absolute atomic E-state index is 9.95. The number of hydrogen-bond donors (Lipinski definition) is 3. The van der Waals surface area contributed by atoms with Gasteiger partial charge in [0.25, 0.3) is 0 Å². The molecule has 0 aliphatic heterocycles. The molecule has 4 heteroatoms. The first-order valence-electron chi connectivity index (χ1n) is 6.67. The van der Waals surface area contributed by atoms with Crippen molar-refractivity contribution < 1.29 is 10.2 Å². The zero-order valence-electron chi connectivity index (χ0n) is 11.3. The molecular weight excluding hydrogens is 240 g/mol. The maximum Gasteiger partial charge on any atom is 0.0991 e. The molecule has 0 aliphatic carbocycles. The van der Waals surface area contributed by atoms with Gasteiger partial charge in [0.05, 0.1) is 17.7 Å². The van der Waals surface area contributed by atoms with E-state index in [9.17, 15) is 5.11 Å². The third-order valence-corrected chi connectivity index (χ3v) is 3.12. The molecular formula is C15H22N2O2. The Morgan fingerprint density at radius 1 is 1.32 bits per heavy atom. The van der Waals surface area contributed by atoms with Crippen molar-refractivity contribution in [1.29, 1.82) is 5.26 Å². The highest BCUT2D eigenvalue weighted by molar-refractivity contribution is 5.32. The van der Waals surface area contributed by atoms with Crippen LogP contribution in [0.1, 0.15) is 37.0 Å². The zero-order valence-corrected chi connectivity index (χ0v) is 11.3. The van der Waals surface area contributed by atoms with Crippen molar-refractivity contribution in [2.75, 3.05) is 19.7 Å². The van der Waals surface area contributed by atoms with E-state index < -0.39 is 6.10 Å². The van der Waals surface area contributed by atoms with Crippen LogP contribution in [0.3, 0.4) is 0 Å². The summed E-state index contributed by atoms with van der Waals surface area (Å²) in [5.74, 6) is 0.338. The molecule has 0 radical (unpaired) electrons. The Balaban J connectivity index is 2.23. The first-order chi connectivity index (χ1) is 9.17. The number of nitrogens with one attached hydrogen (secondary N) is 1. The lowest BCUT2D eigenvalue weighted by Crippen LogP contribution is -2.23. The number of nitrogens with zero attached hydrogens (tertiary/aromatic N) is 1. The molecule has 1 aromatic carbocycles. The quantitative estimate of drug-likeness (QED) is 0.622. The molecule has 1 rings (SSSR count). The first-order valence-corrected chi connectivity index (χ1v) is 6.67. The molecule has 0 fully saturated rings. The Labute approximate surface area is 114 Å². The lowest BCUT2D eigenvalue weighted by molar-refractivity contribution is 0.174. The Kier molecular flexibility index (Phi) is 7.12. The van der Waals surface area contributed by atoms with Crippen LogP contribution in [0.5, 0.6) is 0 Å². The molecule has 0 amide bonds. The predicted octanol–water partition coefficient (Wildman–Crippen LogP) is 1.59. The topological polar surface area (TPSA) is 76.3 Å². The lowest BCUT2D eigenvalue weighted by atomic mass is 10.1. The van der Waals surface area contributed by atoms with Crippen LogP contribution in [-0.2, 0) is 0 Å². The van der Waals surface area contributed by atoms with E-state index >= 15 is 0 Å². The molecule has 19 heavy (non-hydrogen) atoms. The molecule has 0 bridgehead atoms. The number of aliphatic hydroxyl groups is 2. The van der Waals surface area contributed by atoms with E-state index in [2.05, 4.69) is 11.4 Å². The predicted molar refractivity (Wildman–Crippen MR) is 74.5 cm³/mol. The van der Waals surface area contributed by atoms with Crippen LogP contribution < -0.4 is 5.32 Å². The zero-order chi connectivity index (χ0) is 14.1. The van der Waals surface area contributed by atoms with E-state index in [4.69, 9.17) is 10.4 Å². The van der Waals surface area contributed by atoms with Crippen molar-refractivity contribution in [2.24, 2.45) is 5.92 Å². The smallest absolute Gasteiger partial charge is 0.0991 e. The van der Waals surface area contributed by atoms with Crippen LogP contribution >= 0.6 is 0 Å². The van der Waals surface area contributed by atoms with Gasteiger partial charge in [-0.15, -0.1) is 0 Å². The van der Waals surface area contributed by atoms with Gasteiger partial charge in [-0.05, 0) is 43.0 Å². The number of rotatable bonds is 8. The van der Waals surface area contributed by atoms with Crippen molar-refractivity contribution in [1.82, 2.24) is 5.32 Å². The van der Waals surface area contributed by atoms with E-state index in [1.165, 1.54) is 0 Å². The fourth-order valence-electron chi connectivity index (χ4n) is 1.80. The van der Waals surface area contributed by atoms with Gasteiger partial charge >= 0.3 is 0 Å². The highest BCUT2D eigenvalue weighted by Gasteiger charge is 2.07. The average Bonchev–Trinajstić information content (AvgIpc) is 2.46. The molecule has 2 unspecified atom stereocenters. The largest absolute Gasteiger partial charge is 0.396 e. The fourth-order valence-corrected chi connectivity index (χ4v) is 1.80. The number of hydrogen-bond acceptors (Lipinski definition) is 4. The second-order valence-corrected chi connectivity index (χ2v) is 4.88. The molecule has 0 aromatic heterocycles. The van der Waals surface area contributed by atoms with Gasteiger partial charge < -0.3 is 15.5 Å². The van der Waals surface area contributed by atoms with Crippen LogP contribution in [0.2, 0.25) is 0 Å². The third kappa shape index (κ3) is 5.84. The highest BCUT2D eigenvalue weighted by Crippen LogP contribution is 2.12. The van der Waals surface area contributed by atoms with Crippen molar-refractivity contribution in [3.63, 3.8) is 0 Å². The van der Waals surface area contributed by atoms with Crippen LogP contribution in [0.15, 0.2) is 24.3 Å². The second-order valence-electron chi connectivity index (χ2n) is 4.88. The molecule has 104 valence electrons. The number of benzene rings is 1. The molecule has 3 N–H and O–H groups in total. The highest BCUT2D eigenvalue weighted by atomic mass is 16.3. The van der Waals surface area contributed by atoms with Gasteiger partial charge in [0, 0.05) is 13.2 Å². The van der Waals surface area contributed by atoms with Gasteiger partial charge in [0.2, 0.25) is 0 Å². The van der Waals surface area contributed by atoms with Gasteiger partial charge in [0.15, 0.2) is 0 Å². The Bertz CT molecular complexity index is 398. The third-order valence-electron chi connectivity index (χ3n) is 3.12. The monoisotopic (exact) mass is 262 g/mol. The van der Waals surface area contributed by atoms with Crippen molar-refractivity contribution >= 4 is 0 Å². The summed E-state index contributed by atoms with van der Waals surface area (Å²) in [4.78, 5) is 0. The fraction of sp³-hybridized carbons (Fsp3) is 0.533. The molecule has 0 spiro atoms. The molecule has 0 aliphatic rings. The van der Waals surface area contributed by atoms with Crippen LogP contribution in [0, 0.1) is 17.2 Å². The molecule has 0 heterocycles. The summed E-state index contributed by atoms with van der Waals surface area (Å²) in [6.45, 7) is 3.58. The van der Waals surface area contributed by atoms with Gasteiger partial charge in [0.1, 0.15) is 0 Å². The summed E-state index contributed by atoms with van der Waals surface area (Å²) in [5.41, 5.74) is 1.41.